The van der Waals surface area contributed by atoms with Crippen molar-refractivity contribution < 1.29 is 14.6 Å². The highest BCUT2D eigenvalue weighted by atomic mass is 16.6. The number of fused-ring (bicyclic) bond motifs is 1. The average Bonchev–Trinajstić information content (AvgIpc) is 2.47. The zero-order valence-electron chi connectivity index (χ0n) is 10.7. The van der Waals surface area contributed by atoms with Gasteiger partial charge in [0.2, 0.25) is 5.75 Å². The smallest absolute Gasteiger partial charge is 0.325 e. The summed E-state index contributed by atoms with van der Waals surface area (Å²) < 4.78 is 1.48. The number of nitro groups is 1. The Morgan fingerprint density at radius 2 is 1.90 bits per heavy atom. The number of nitro benzene ring substituents is 1. The van der Waals surface area contributed by atoms with E-state index in [2.05, 4.69) is 4.98 Å². The zero-order chi connectivity index (χ0) is 15.0. The van der Waals surface area contributed by atoms with Gasteiger partial charge in [0.15, 0.2) is 12.4 Å². The predicted molar refractivity (Wildman–Crippen MR) is 74.4 cm³/mol. The first-order valence-corrected chi connectivity index (χ1v) is 6.08. The van der Waals surface area contributed by atoms with Gasteiger partial charge < -0.3 is 10.1 Å². The number of nitrogens with one attached hydrogen (secondary N) is 1. The number of hydrogen-bond donors (Lipinski definition) is 2. The van der Waals surface area contributed by atoms with Crippen LogP contribution in [0.25, 0.3) is 16.6 Å². The van der Waals surface area contributed by atoms with Crippen LogP contribution in [0.15, 0.2) is 53.6 Å². The van der Waals surface area contributed by atoms with Crippen molar-refractivity contribution in [1.82, 2.24) is 4.98 Å². The number of pyridine rings is 2. The number of hydrogen-bond acceptors (Lipinski definition) is 4. The van der Waals surface area contributed by atoms with Crippen molar-refractivity contribution in [3.05, 3.63) is 69.3 Å². The molecule has 0 atom stereocenters. The van der Waals surface area contributed by atoms with Gasteiger partial charge in [-0.3, -0.25) is 14.9 Å². The maximum Gasteiger partial charge on any atom is 0.325 e. The van der Waals surface area contributed by atoms with E-state index < -0.39 is 10.5 Å². The maximum absolute atomic E-state index is 12.1. The van der Waals surface area contributed by atoms with E-state index in [0.717, 1.165) is 0 Å². The molecular weight excluding hydrogens is 274 g/mol. The predicted octanol–water partition coefficient (Wildman–Crippen LogP) is 1.42. The fourth-order valence-electron chi connectivity index (χ4n) is 2.16. The summed E-state index contributed by atoms with van der Waals surface area (Å²) >= 11 is 0. The van der Waals surface area contributed by atoms with Crippen LogP contribution >= 0.6 is 0 Å². The summed E-state index contributed by atoms with van der Waals surface area (Å²) in [7, 11) is 0. The van der Waals surface area contributed by atoms with Crippen LogP contribution in [0.4, 0.5) is 5.69 Å². The lowest BCUT2D eigenvalue weighted by Gasteiger charge is -2.03. The van der Waals surface area contributed by atoms with Crippen LogP contribution in [0.3, 0.4) is 0 Å². The summed E-state index contributed by atoms with van der Waals surface area (Å²) in [6, 6.07) is 9.13. The van der Waals surface area contributed by atoms with Crippen molar-refractivity contribution in [1.29, 1.82) is 0 Å². The molecule has 21 heavy (non-hydrogen) atoms. The largest absolute Gasteiger partial charge is 0.502 e. The fraction of sp³-hybridized carbons (Fsp3) is 0. The van der Waals surface area contributed by atoms with E-state index in [1.165, 1.54) is 22.8 Å². The molecule has 3 aromatic rings. The van der Waals surface area contributed by atoms with Gasteiger partial charge in [-0.2, -0.15) is 4.57 Å². The molecule has 2 heterocycles. The third kappa shape index (κ3) is 2.10. The van der Waals surface area contributed by atoms with Crippen LogP contribution < -0.4 is 10.1 Å². The second kappa shape index (κ2) is 4.71. The number of non-ortho nitro benzene ring substituents is 1. The quantitative estimate of drug-likeness (QED) is 0.422. The summed E-state index contributed by atoms with van der Waals surface area (Å²) in [6.45, 7) is 0. The van der Waals surface area contributed by atoms with Crippen molar-refractivity contribution in [3.63, 3.8) is 0 Å². The summed E-state index contributed by atoms with van der Waals surface area (Å²) in [6.07, 6.45) is 3.25. The molecule has 2 N–H and O–H groups in total. The Morgan fingerprint density at radius 1 is 1.19 bits per heavy atom. The molecule has 104 valence electrons. The van der Waals surface area contributed by atoms with E-state index >= 15 is 0 Å². The van der Waals surface area contributed by atoms with Crippen molar-refractivity contribution >= 4 is 16.6 Å². The second-order valence-electron chi connectivity index (χ2n) is 4.42. The first kappa shape index (κ1) is 12.8. The first-order valence-electron chi connectivity index (χ1n) is 6.08. The molecule has 0 saturated carbocycles. The van der Waals surface area contributed by atoms with Crippen LogP contribution in [0, 0.1) is 10.1 Å². The molecule has 3 rings (SSSR count). The lowest BCUT2D eigenvalue weighted by atomic mass is 10.1. The minimum atomic E-state index is -0.561. The second-order valence-corrected chi connectivity index (χ2v) is 4.42. The third-order valence-corrected chi connectivity index (χ3v) is 3.13. The molecule has 7 nitrogen and oxygen atoms in total. The minimum absolute atomic E-state index is 0.0666. The number of H-pyrrole nitrogens is 1. The number of aromatic hydroxyl groups is 1. The van der Waals surface area contributed by atoms with Gasteiger partial charge >= 0.3 is 11.2 Å². The van der Waals surface area contributed by atoms with Gasteiger partial charge in [0.05, 0.1) is 10.4 Å². The van der Waals surface area contributed by atoms with Crippen molar-refractivity contribution in [2.45, 2.75) is 0 Å². The van der Waals surface area contributed by atoms with Gasteiger partial charge in [0.1, 0.15) is 0 Å². The summed E-state index contributed by atoms with van der Waals surface area (Å²) in [4.78, 5) is 24.9. The highest BCUT2D eigenvalue weighted by Gasteiger charge is 2.21. The van der Waals surface area contributed by atoms with Crippen LogP contribution in [-0.4, -0.2) is 15.0 Å². The van der Waals surface area contributed by atoms with Crippen molar-refractivity contribution in [2.24, 2.45) is 0 Å². The number of rotatable bonds is 2. The van der Waals surface area contributed by atoms with E-state index in [-0.39, 0.29) is 22.6 Å². The van der Waals surface area contributed by atoms with Crippen LogP contribution in [0.1, 0.15) is 0 Å². The molecule has 0 fully saturated rings. The number of benzene rings is 1. The lowest BCUT2D eigenvalue weighted by Crippen LogP contribution is -2.36. The Labute approximate surface area is 117 Å². The molecule has 0 aliphatic heterocycles. The molecule has 0 bridgehead atoms. The zero-order valence-corrected chi connectivity index (χ0v) is 10.7. The Kier molecular flexibility index (Phi) is 2.87. The van der Waals surface area contributed by atoms with Gasteiger partial charge in [-0.15, -0.1) is 0 Å². The van der Waals surface area contributed by atoms with E-state index in [9.17, 15) is 20.0 Å². The molecule has 0 aliphatic rings. The number of nitrogens with zero attached hydrogens (tertiary/aromatic N) is 2. The van der Waals surface area contributed by atoms with Crippen molar-refractivity contribution in [3.8, 4) is 11.4 Å². The highest BCUT2D eigenvalue weighted by Crippen LogP contribution is 2.27. The Bertz CT molecular complexity index is 903. The minimum Gasteiger partial charge on any atom is -0.502 e. The van der Waals surface area contributed by atoms with Gasteiger partial charge in [-0.1, -0.05) is 6.07 Å². The molecule has 7 heteroatoms. The fourth-order valence-corrected chi connectivity index (χ4v) is 2.16. The topological polar surface area (TPSA) is 100 Å². The highest BCUT2D eigenvalue weighted by molar-refractivity contribution is 5.88. The molecule has 0 saturated heterocycles. The Balaban J connectivity index is 2.33. The van der Waals surface area contributed by atoms with Crippen molar-refractivity contribution in [2.75, 3.05) is 0 Å². The molecule has 1 aromatic carbocycles. The lowest BCUT2D eigenvalue weighted by molar-refractivity contribution is -0.597. The molecule has 0 radical (unpaired) electrons. The molecule has 0 spiro atoms. The number of aromatic amines is 1. The van der Waals surface area contributed by atoms with Crippen LogP contribution in [0.2, 0.25) is 0 Å². The summed E-state index contributed by atoms with van der Waals surface area (Å²) in [5.74, 6) is -0.222. The average molecular weight is 284 g/mol. The molecule has 0 amide bonds. The Hall–Kier alpha value is -3.22. The van der Waals surface area contributed by atoms with Gasteiger partial charge in [-0.05, 0) is 6.07 Å². The monoisotopic (exact) mass is 284 g/mol. The molecule has 0 unspecified atom stereocenters. The van der Waals surface area contributed by atoms with Gasteiger partial charge in [0.25, 0.3) is 5.69 Å². The molecule has 0 aliphatic carbocycles. The summed E-state index contributed by atoms with van der Waals surface area (Å²) in [5, 5.41) is 21.4. The third-order valence-electron chi connectivity index (χ3n) is 3.13. The van der Waals surface area contributed by atoms with E-state index in [1.807, 2.05) is 0 Å². The van der Waals surface area contributed by atoms with Crippen LogP contribution in [0.5, 0.6) is 5.75 Å². The van der Waals surface area contributed by atoms with E-state index in [4.69, 9.17) is 0 Å². The standard InChI is InChI=1S/C14H9N3O4/c18-13-10-5-4-9(17(20)21)8-11(10)15-14(19)12(13)16-6-2-1-3-7-16/h1-8H,(H-,15,18,19)/p+1. The van der Waals surface area contributed by atoms with Gasteiger partial charge in [-0.25, -0.2) is 0 Å². The number of aromatic nitrogens is 2. The molecular formula is C14H10N3O4+. The SMILES string of the molecule is O=c1[nH]c2cc([N+](=O)[O-])ccc2c(O)c1-[n+]1ccccc1. The first-order chi connectivity index (χ1) is 10.1. The Morgan fingerprint density at radius 3 is 2.57 bits per heavy atom. The maximum atomic E-state index is 12.1. The van der Waals surface area contributed by atoms with E-state index in [0.29, 0.717) is 5.39 Å². The van der Waals surface area contributed by atoms with Gasteiger partial charge in [0, 0.05) is 29.7 Å². The van der Waals surface area contributed by atoms with Crippen LogP contribution in [-0.2, 0) is 0 Å². The molecule has 2 aromatic heterocycles. The normalized spacial score (nSPS) is 10.7. The summed E-state index contributed by atoms with van der Waals surface area (Å²) in [5.41, 5.74) is -0.404. The van der Waals surface area contributed by atoms with E-state index in [1.54, 1.807) is 30.6 Å².